The maximum absolute atomic E-state index is 13.1. The van der Waals surface area contributed by atoms with Crippen LogP contribution in [0.1, 0.15) is 34.1 Å². The molecule has 20 heavy (non-hydrogen) atoms. The number of hydrogen-bond acceptors (Lipinski definition) is 4. The molecule has 1 aromatic heterocycles. The Bertz CT molecular complexity index is 508. The molecule has 2 aliphatic rings. The molecule has 1 aromatic rings. The Morgan fingerprint density at radius 2 is 1.90 bits per heavy atom. The summed E-state index contributed by atoms with van der Waals surface area (Å²) in [6, 6.07) is 3.62. The van der Waals surface area contributed by atoms with E-state index in [2.05, 4.69) is 10.3 Å². The van der Waals surface area contributed by atoms with Gasteiger partial charge in [-0.3, -0.25) is 0 Å². The Kier molecular flexibility index (Phi) is 3.06. The number of rotatable bonds is 3. The first-order chi connectivity index (χ1) is 9.30. The van der Waals surface area contributed by atoms with Crippen molar-refractivity contribution < 1.29 is 13.7 Å². The van der Waals surface area contributed by atoms with E-state index < -0.39 is 24.5 Å². The second kappa shape index (κ2) is 4.43. The fourth-order valence-electron chi connectivity index (χ4n) is 2.19. The molecule has 2 unspecified atom stereocenters. The van der Waals surface area contributed by atoms with Crippen LogP contribution in [0.15, 0.2) is 18.3 Å². The van der Waals surface area contributed by atoms with E-state index in [-0.39, 0.29) is 6.04 Å². The molecule has 0 spiro atoms. The van der Waals surface area contributed by atoms with Crippen LogP contribution in [0.3, 0.4) is 0 Å². The zero-order valence-electron chi connectivity index (χ0n) is 12.3. The van der Waals surface area contributed by atoms with Crippen LogP contribution < -0.4 is 10.8 Å². The summed E-state index contributed by atoms with van der Waals surface area (Å²) in [7, 11) is -0.479. The lowest BCUT2D eigenvalue weighted by molar-refractivity contribution is 0.00578. The van der Waals surface area contributed by atoms with Crippen LogP contribution in [0.25, 0.3) is 0 Å². The predicted octanol–water partition coefficient (Wildman–Crippen LogP) is 1.90. The van der Waals surface area contributed by atoms with E-state index in [0.29, 0.717) is 12.2 Å². The summed E-state index contributed by atoms with van der Waals surface area (Å²) in [6.07, 6.45) is 1.45. The van der Waals surface area contributed by atoms with Crippen molar-refractivity contribution in [2.45, 2.75) is 57.5 Å². The molecule has 0 bridgehead atoms. The highest BCUT2D eigenvalue weighted by Crippen LogP contribution is 2.37. The Balaban J connectivity index is 1.84. The van der Waals surface area contributed by atoms with Gasteiger partial charge >= 0.3 is 7.12 Å². The van der Waals surface area contributed by atoms with Gasteiger partial charge in [0.1, 0.15) is 12.0 Å². The highest BCUT2D eigenvalue weighted by Gasteiger charge is 2.52. The zero-order valence-corrected chi connectivity index (χ0v) is 12.3. The van der Waals surface area contributed by atoms with Crippen molar-refractivity contribution >= 4 is 18.4 Å². The summed E-state index contributed by atoms with van der Waals surface area (Å²) in [5, 5.41) is 3.12. The van der Waals surface area contributed by atoms with E-state index in [1.54, 1.807) is 6.20 Å². The van der Waals surface area contributed by atoms with Crippen molar-refractivity contribution in [1.29, 1.82) is 0 Å². The number of pyridine rings is 1. The zero-order chi connectivity index (χ0) is 14.5. The van der Waals surface area contributed by atoms with Crippen LogP contribution in [-0.4, -0.2) is 35.5 Å². The van der Waals surface area contributed by atoms with Gasteiger partial charge in [-0.2, -0.15) is 0 Å². The fraction of sp³-hybridized carbons (Fsp3) is 0.643. The minimum Gasteiger partial charge on any atom is -0.399 e. The number of aromatic nitrogens is 1. The maximum atomic E-state index is 13.1. The van der Waals surface area contributed by atoms with Crippen LogP contribution in [-0.2, 0) is 9.31 Å². The lowest BCUT2D eigenvalue weighted by Crippen LogP contribution is -2.41. The van der Waals surface area contributed by atoms with Gasteiger partial charge in [0.15, 0.2) is 0 Å². The SMILES string of the molecule is CC1(C)OB(c2cccnc2NC2CC2F)OC1(C)C. The van der Waals surface area contributed by atoms with Crippen molar-refractivity contribution in [2.24, 2.45) is 0 Å². The van der Waals surface area contributed by atoms with E-state index in [4.69, 9.17) is 9.31 Å². The highest BCUT2D eigenvalue weighted by molar-refractivity contribution is 6.63. The van der Waals surface area contributed by atoms with Crippen molar-refractivity contribution in [2.75, 3.05) is 5.32 Å². The minimum atomic E-state index is -0.775. The first-order valence-electron chi connectivity index (χ1n) is 7.01. The van der Waals surface area contributed by atoms with Gasteiger partial charge in [0.25, 0.3) is 0 Å². The van der Waals surface area contributed by atoms with E-state index >= 15 is 0 Å². The maximum Gasteiger partial charge on any atom is 0.498 e. The molecule has 1 saturated heterocycles. The Morgan fingerprint density at radius 3 is 2.45 bits per heavy atom. The Morgan fingerprint density at radius 1 is 1.30 bits per heavy atom. The number of hydrogen-bond donors (Lipinski definition) is 1. The second-order valence-electron chi connectivity index (χ2n) is 6.53. The average Bonchev–Trinajstić information content (AvgIpc) is 2.97. The summed E-state index contributed by atoms with van der Waals surface area (Å²) in [4.78, 5) is 4.30. The summed E-state index contributed by atoms with van der Waals surface area (Å²) in [6.45, 7) is 8.04. The number of nitrogens with one attached hydrogen (secondary N) is 1. The van der Waals surface area contributed by atoms with Crippen LogP contribution in [0.2, 0.25) is 0 Å². The van der Waals surface area contributed by atoms with Crippen LogP contribution >= 0.6 is 0 Å². The van der Waals surface area contributed by atoms with Gasteiger partial charge in [0.05, 0.1) is 17.2 Å². The van der Waals surface area contributed by atoms with Crippen molar-refractivity contribution in [3.8, 4) is 0 Å². The molecule has 2 fully saturated rings. The Hall–Kier alpha value is -1.14. The largest absolute Gasteiger partial charge is 0.498 e. The number of nitrogens with zero attached hydrogens (tertiary/aromatic N) is 1. The van der Waals surface area contributed by atoms with E-state index in [9.17, 15) is 4.39 Å². The third kappa shape index (κ3) is 2.31. The van der Waals surface area contributed by atoms with Crippen molar-refractivity contribution in [1.82, 2.24) is 4.98 Å². The molecule has 3 rings (SSSR count). The van der Waals surface area contributed by atoms with Crippen molar-refractivity contribution in [3.63, 3.8) is 0 Å². The quantitative estimate of drug-likeness (QED) is 0.858. The minimum absolute atomic E-state index is 0.133. The van der Waals surface area contributed by atoms with Crippen molar-refractivity contribution in [3.05, 3.63) is 18.3 Å². The molecule has 1 aliphatic carbocycles. The van der Waals surface area contributed by atoms with Gasteiger partial charge in [-0.25, -0.2) is 9.37 Å². The molecule has 0 radical (unpaired) electrons. The molecule has 2 heterocycles. The monoisotopic (exact) mass is 278 g/mol. The molecule has 0 amide bonds. The predicted molar refractivity (Wildman–Crippen MR) is 76.9 cm³/mol. The second-order valence-corrected chi connectivity index (χ2v) is 6.53. The van der Waals surface area contributed by atoms with Gasteiger partial charge in [-0.15, -0.1) is 0 Å². The molecule has 0 aromatic carbocycles. The van der Waals surface area contributed by atoms with Gasteiger partial charge in [-0.1, -0.05) is 6.07 Å². The standard InChI is InChI=1S/C14H20BFN2O2/c1-13(2)14(3,4)20-15(19-13)9-6-5-7-17-12(9)18-11-8-10(11)16/h5-7,10-11H,8H2,1-4H3,(H,17,18). The fourth-order valence-corrected chi connectivity index (χ4v) is 2.19. The molecular weight excluding hydrogens is 258 g/mol. The van der Waals surface area contributed by atoms with Crippen LogP contribution in [0.4, 0.5) is 10.2 Å². The topological polar surface area (TPSA) is 43.4 Å². The smallest absolute Gasteiger partial charge is 0.399 e. The lowest BCUT2D eigenvalue weighted by Gasteiger charge is -2.32. The van der Waals surface area contributed by atoms with Gasteiger partial charge in [-0.05, 0) is 33.8 Å². The number of alkyl halides is 1. The lowest BCUT2D eigenvalue weighted by atomic mass is 9.79. The first-order valence-corrected chi connectivity index (χ1v) is 7.01. The summed E-state index contributed by atoms with van der Waals surface area (Å²) in [5.41, 5.74) is 0.0326. The summed E-state index contributed by atoms with van der Waals surface area (Å²) < 4.78 is 25.1. The molecule has 1 saturated carbocycles. The van der Waals surface area contributed by atoms with E-state index in [1.807, 2.05) is 39.8 Å². The third-order valence-corrected chi connectivity index (χ3v) is 4.38. The van der Waals surface area contributed by atoms with Gasteiger partial charge in [0, 0.05) is 18.1 Å². The Labute approximate surface area is 119 Å². The first kappa shape index (κ1) is 13.8. The summed E-state index contributed by atoms with van der Waals surface area (Å²) >= 11 is 0. The molecule has 1 aliphatic heterocycles. The van der Waals surface area contributed by atoms with Gasteiger partial charge < -0.3 is 14.6 Å². The van der Waals surface area contributed by atoms with E-state index in [1.165, 1.54) is 0 Å². The molecule has 2 atom stereocenters. The summed E-state index contributed by atoms with van der Waals surface area (Å²) in [5.74, 6) is 0.649. The van der Waals surface area contributed by atoms with Crippen LogP contribution in [0.5, 0.6) is 0 Å². The van der Waals surface area contributed by atoms with E-state index in [0.717, 1.165) is 5.46 Å². The van der Waals surface area contributed by atoms with Gasteiger partial charge in [0.2, 0.25) is 0 Å². The molecular formula is C14H20BFN2O2. The molecule has 6 heteroatoms. The number of halogens is 1. The third-order valence-electron chi connectivity index (χ3n) is 4.38. The average molecular weight is 278 g/mol. The molecule has 108 valence electrons. The highest BCUT2D eigenvalue weighted by atomic mass is 19.1. The van der Waals surface area contributed by atoms with Crippen LogP contribution in [0, 0.1) is 0 Å². The normalized spacial score (nSPS) is 30.4. The molecule has 4 nitrogen and oxygen atoms in total. The molecule has 1 N–H and O–H groups in total. The number of anilines is 1.